The van der Waals surface area contributed by atoms with Crippen molar-refractivity contribution in [2.24, 2.45) is 0 Å². The van der Waals surface area contributed by atoms with Crippen LogP contribution in [0.1, 0.15) is 18.6 Å². The molecule has 0 aliphatic carbocycles. The molecule has 0 aliphatic heterocycles. The highest BCUT2D eigenvalue weighted by molar-refractivity contribution is 9.10. The molecule has 5 heteroatoms. The number of benzene rings is 2. The molecule has 1 N–H and O–H groups in total. The maximum absolute atomic E-state index is 13.7. The van der Waals surface area contributed by atoms with E-state index >= 15 is 0 Å². The molecule has 0 bridgehead atoms. The molecule has 2 nitrogen and oxygen atoms in total. The van der Waals surface area contributed by atoms with Gasteiger partial charge in [-0.2, -0.15) is 0 Å². The standard InChI is InChI=1S/C14H11BrF2O2/c1-8(18)14-10(16)3-2-4-13(14)19-12-6-5-9(15)7-11(12)17/h2-8,18H,1H3/t8-/m0/s1. The molecular weight excluding hydrogens is 318 g/mol. The minimum atomic E-state index is -1.05. The van der Waals surface area contributed by atoms with Gasteiger partial charge in [-0.3, -0.25) is 0 Å². The van der Waals surface area contributed by atoms with E-state index in [1.165, 1.54) is 37.3 Å². The average molecular weight is 329 g/mol. The van der Waals surface area contributed by atoms with Crippen LogP contribution in [0.3, 0.4) is 0 Å². The molecule has 2 aromatic carbocycles. The Morgan fingerprint density at radius 1 is 1.11 bits per heavy atom. The fourth-order valence-electron chi connectivity index (χ4n) is 1.69. The molecule has 2 aromatic rings. The molecule has 0 amide bonds. The molecule has 19 heavy (non-hydrogen) atoms. The van der Waals surface area contributed by atoms with Gasteiger partial charge >= 0.3 is 0 Å². The minimum absolute atomic E-state index is 0.00446. The molecule has 0 saturated carbocycles. The largest absolute Gasteiger partial charge is 0.454 e. The van der Waals surface area contributed by atoms with E-state index in [1.807, 2.05) is 0 Å². The third-order valence-corrected chi connectivity index (χ3v) is 3.04. The summed E-state index contributed by atoms with van der Waals surface area (Å²) in [6.07, 6.45) is -1.05. The van der Waals surface area contributed by atoms with Crippen LogP contribution in [0, 0.1) is 11.6 Å². The summed E-state index contributed by atoms with van der Waals surface area (Å²) < 4.78 is 33.2. The smallest absolute Gasteiger partial charge is 0.166 e. The zero-order chi connectivity index (χ0) is 14.0. The molecule has 0 saturated heterocycles. The fraction of sp³-hybridized carbons (Fsp3) is 0.143. The number of hydrogen-bond donors (Lipinski definition) is 1. The lowest BCUT2D eigenvalue weighted by atomic mass is 10.1. The second-order valence-electron chi connectivity index (χ2n) is 4.00. The van der Waals surface area contributed by atoms with Gasteiger partial charge in [-0.05, 0) is 37.3 Å². The first-order chi connectivity index (χ1) is 8.99. The van der Waals surface area contributed by atoms with Crippen LogP contribution in [0.15, 0.2) is 40.9 Å². The summed E-state index contributed by atoms with van der Waals surface area (Å²) in [5.41, 5.74) is 0.00446. The summed E-state index contributed by atoms with van der Waals surface area (Å²) in [7, 11) is 0. The molecule has 0 radical (unpaired) electrons. The van der Waals surface area contributed by atoms with Crippen molar-refractivity contribution in [3.05, 3.63) is 58.1 Å². The summed E-state index contributed by atoms with van der Waals surface area (Å²) >= 11 is 3.14. The molecule has 100 valence electrons. The molecule has 0 heterocycles. The Balaban J connectivity index is 2.41. The summed E-state index contributed by atoms with van der Waals surface area (Å²) in [6, 6.07) is 8.42. The first kappa shape index (κ1) is 14.0. The summed E-state index contributed by atoms with van der Waals surface area (Å²) in [5.74, 6) is -1.10. The van der Waals surface area contributed by atoms with Crippen molar-refractivity contribution in [3.8, 4) is 11.5 Å². The van der Waals surface area contributed by atoms with Gasteiger partial charge in [0, 0.05) is 4.47 Å². The minimum Gasteiger partial charge on any atom is -0.454 e. The van der Waals surface area contributed by atoms with Crippen molar-refractivity contribution >= 4 is 15.9 Å². The van der Waals surface area contributed by atoms with E-state index in [-0.39, 0.29) is 17.1 Å². The number of aliphatic hydroxyl groups is 1. The van der Waals surface area contributed by atoms with Crippen LogP contribution in [0.2, 0.25) is 0 Å². The SMILES string of the molecule is C[C@H](O)c1c(F)cccc1Oc1ccc(Br)cc1F. The van der Waals surface area contributed by atoms with Gasteiger partial charge in [0.1, 0.15) is 11.6 Å². The Kier molecular flexibility index (Phi) is 4.17. The Morgan fingerprint density at radius 2 is 1.84 bits per heavy atom. The van der Waals surface area contributed by atoms with Crippen molar-refractivity contribution in [2.45, 2.75) is 13.0 Å². The van der Waals surface area contributed by atoms with Crippen LogP contribution >= 0.6 is 15.9 Å². The second-order valence-corrected chi connectivity index (χ2v) is 4.92. The number of rotatable bonds is 3. The third-order valence-electron chi connectivity index (χ3n) is 2.54. The zero-order valence-electron chi connectivity index (χ0n) is 10.0. The zero-order valence-corrected chi connectivity index (χ0v) is 11.6. The maximum Gasteiger partial charge on any atom is 0.166 e. The lowest BCUT2D eigenvalue weighted by Crippen LogP contribution is -2.00. The average Bonchev–Trinajstić information content (AvgIpc) is 2.32. The van der Waals surface area contributed by atoms with Crippen molar-refractivity contribution < 1.29 is 18.6 Å². The molecule has 0 aromatic heterocycles. The monoisotopic (exact) mass is 328 g/mol. The van der Waals surface area contributed by atoms with Gasteiger partial charge in [0.15, 0.2) is 11.6 Å². The molecule has 0 unspecified atom stereocenters. The second kappa shape index (κ2) is 5.67. The van der Waals surface area contributed by atoms with Crippen LogP contribution in [0.4, 0.5) is 8.78 Å². The quantitative estimate of drug-likeness (QED) is 0.894. The van der Waals surface area contributed by atoms with Crippen molar-refractivity contribution in [2.75, 3.05) is 0 Å². The van der Waals surface area contributed by atoms with Crippen LogP contribution in [0.25, 0.3) is 0 Å². The lowest BCUT2D eigenvalue weighted by molar-refractivity contribution is 0.190. The Morgan fingerprint density at radius 3 is 2.47 bits per heavy atom. The van der Waals surface area contributed by atoms with E-state index in [9.17, 15) is 13.9 Å². The summed E-state index contributed by atoms with van der Waals surface area (Å²) in [6.45, 7) is 1.42. The van der Waals surface area contributed by atoms with Crippen LogP contribution in [0.5, 0.6) is 11.5 Å². The predicted molar refractivity (Wildman–Crippen MR) is 71.2 cm³/mol. The fourth-order valence-corrected chi connectivity index (χ4v) is 2.02. The molecule has 1 atom stereocenters. The Bertz CT molecular complexity index is 600. The van der Waals surface area contributed by atoms with Gasteiger partial charge in [0.05, 0.1) is 11.7 Å². The van der Waals surface area contributed by atoms with E-state index in [2.05, 4.69) is 15.9 Å². The van der Waals surface area contributed by atoms with E-state index in [4.69, 9.17) is 4.74 Å². The molecule has 0 aliphatic rings. The molecule has 2 rings (SSSR count). The van der Waals surface area contributed by atoms with Crippen molar-refractivity contribution in [1.82, 2.24) is 0 Å². The third kappa shape index (κ3) is 3.11. The molecule has 0 fully saturated rings. The van der Waals surface area contributed by atoms with Gasteiger partial charge in [-0.25, -0.2) is 8.78 Å². The maximum atomic E-state index is 13.7. The Hall–Kier alpha value is -1.46. The first-order valence-electron chi connectivity index (χ1n) is 5.58. The Labute approximate surface area is 117 Å². The highest BCUT2D eigenvalue weighted by Gasteiger charge is 2.16. The van der Waals surface area contributed by atoms with Gasteiger partial charge < -0.3 is 9.84 Å². The van der Waals surface area contributed by atoms with Crippen LogP contribution < -0.4 is 4.74 Å². The van der Waals surface area contributed by atoms with Crippen LogP contribution in [-0.2, 0) is 0 Å². The number of aliphatic hydroxyl groups excluding tert-OH is 1. The summed E-state index contributed by atoms with van der Waals surface area (Å²) in [5, 5.41) is 9.56. The van der Waals surface area contributed by atoms with E-state index in [1.54, 1.807) is 6.07 Å². The van der Waals surface area contributed by atoms with Crippen molar-refractivity contribution in [3.63, 3.8) is 0 Å². The van der Waals surface area contributed by atoms with Crippen LogP contribution in [-0.4, -0.2) is 5.11 Å². The van der Waals surface area contributed by atoms with E-state index in [0.29, 0.717) is 4.47 Å². The number of halogens is 3. The highest BCUT2D eigenvalue weighted by Crippen LogP contribution is 2.33. The normalized spacial score (nSPS) is 12.3. The predicted octanol–water partition coefficient (Wildman–Crippen LogP) is 4.57. The summed E-state index contributed by atoms with van der Waals surface area (Å²) in [4.78, 5) is 0. The first-order valence-corrected chi connectivity index (χ1v) is 6.37. The number of ether oxygens (including phenoxy) is 1. The van der Waals surface area contributed by atoms with E-state index < -0.39 is 17.7 Å². The molecular formula is C14H11BrF2O2. The highest BCUT2D eigenvalue weighted by atomic mass is 79.9. The van der Waals surface area contributed by atoms with Gasteiger partial charge in [0.25, 0.3) is 0 Å². The van der Waals surface area contributed by atoms with Gasteiger partial charge in [0.2, 0.25) is 0 Å². The van der Waals surface area contributed by atoms with Crippen molar-refractivity contribution in [1.29, 1.82) is 0 Å². The number of hydrogen-bond acceptors (Lipinski definition) is 2. The molecule has 0 spiro atoms. The topological polar surface area (TPSA) is 29.5 Å². The van der Waals surface area contributed by atoms with E-state index in [0.717, 1.165) is 0 Å². The van der Waals surface area contributed by atoms with Gasteiger partial charge in [-0.15, -0.1) is 0 Å². The lowest BCUT2D eigenvalue weighted by Gasteiger charge is -2.14. The van der Waals surface area contributed by atoms with Gasteiger partial charge in [-0.1, -0.05) is 22.0 Å².